The summed E-state index contributed by atoms with van der Waals surface area (Å²) in [6.45, 7) is 1.94. The van der Waals surface area contributed by atoms with Crippen molar-refractivity contribution in [3.8, 4) is 0 Å². The molecule has 2 aromatic heterocycles. The van der Waals surface area contributed by atoms with E-state index in [2.05, 4.69) is 25.8 Å². The number of carbonyl (C=O) groups excluding carboxylic acids is 1. The van der Waals surface area contributed by atoms with Crippen LogP contribution >= 0.6 is 0 Å². The third-order valence-corrected chi connectivity index (χ3v) is 5.60. The summed E-state index contributed by atoms with van der Waals surface area (Å²) in [5.41, 5.74) is 5.90. The molecule has 0 aromatic carbocycles. The van der Waals surface area contributed by atoms with Gasteiger partial charge in [0.15, 0.2) is 5.82 Å². The van der Waals surface area contributed by atoms with Crippen LogP contribution in [0.1, 0.15) is 81.2 Å². The Morgan fingerprint density at radius 3 is 2.81 bits per heavy atom. The van der Waals surface area contributed by atoms with Gasteiger partial charge in [-0.3, -0.25) is 4.79 Å². The highest BCUT2D eigenvalue weighted by Gasteiger charge is 2.42. The maximum atomic E-state index is 11.7. The van der Waals surface area contributed by atoms with Gasteiger partial charge in [0, 0.05) is 19.4 Å². The second-order valence-electron chi connectivity index (χ2n) is 7.50. The van der Waals surface area contributed by atoms with Crippen molar-refractivity contribution in [1.82, 2.24) is 30.5 Å². The van der Waals surface area contributed by atoms with Gasteiger partial charge in [0.05, 0.1) is 17.9 Å². The molecule has 2 aromatic rings. The minimum atomic E-state index is -0.475. The molecule has 2 heterocycles. The van der Waals surface area contributed by atoms with Crippen LogP contribution in [-0.2, 0) is 16.9 Å². The normalized spacial score (nSPS) is 24.8. The van der Waals surface area contributed by atoms with E-state index in [1.807, 2.05) is 10.9 Å². The summed E-state index contributed by atoms with van der Waals surface area (Å²) in [7, 11) is 0. The van der Waals surface area contributed by atoms with Crippen LogP contribution in [0.4, 0.5) is 0 Å². The highest BCUT2D eigenvalue weighted by molar-refractivity contribution is 5.74. The summed E-state index contributed by atoms with van der Waals surface area (Å²) in [4.78, 5) is 16.4. The predicted molar refractivity (Wildman–Crippen MR) is 91.8 cm³/mol. The zero-order chi connectivity index (χ0) is 18.1. The number of amides is 1. The molecular formula is C17H25N7O2. The molecule has 0 radical (unpaired) electrons. The van der Waals surface area contributed by atoms with Crippen LogP contribution in [-0.4, -0.2) is 31.0 Å². The summed E-state index contributed by atoms with van der Waals surface area (Å²) < 4.78 is 7.43. The molecule has 0 atom stereocenters. The van der Waals surface area contributed by atoms with Crippen LogP contribution < -0.4 is 11.1 Å². The van der Waals surface area contributed by atoms with E-state index in [4.69, 9.17) is 10.3 Å². The highest BCUT2D eigenvalue weighted by Crippen LogP contribution is 2.44. The van der Waals surface area contributed by atoms with Crippen LogP contribution in [0.3, 0.4) is 0 Å². The van der Waals surface area contributed by atoms with Crippen molar-refractivity contribution in [1.29, 1.82) is 0 Å². The largest absolute Gasteiger partial charge is 0.343 e. The molecule has 0 saturated heterocycles. The van der Waals surface area contributed by atoms with E-state index >= 15 is 0 Å². The molecule has 0 spiro atoms. The van der Waals surface area contributed by atoms with Gasteiger partial charge in [-0.2, -0.15) is 4.98 Å². The van der Waals surface area contributed by atoms with Gasteiger partial charge in [-0.05, 0) is 25.7 Å². The number of rotatable bonds is 5. The minimum absolute atomic E-state index is 0.0520. The third-order valence-electron chi connectivity index (χ3n) is 5.60. The molecule has 1 amide bonds. The van der Waals surface area contributed by atoms with Crippen LogP contribution in [0.15, 0.2) is 10.7 Å². The number of nitrogens with two attached hydrogens (primary N) is 1. The Morgan fingerprint density at radius 1 is 1.38 bits per heavy atom. The molecule has 2 saturated carbocycles. The number of hydrogen-bond acceptors (Lipinski definition) is 7. The molecule has 0 aliphatic heterocycles. The van der Waals surface area contributed by atoms with E-state index in [0.29, 0.717) is 24.3 Å². The van der Waals surface area contributed by atoms with Gasteiger partial charge in [0.2, 0.25) is 11.8 Å². The van der Waals surface area contributed by atoms with Gasteiger partial charge in [0.25, 0.3) is 0 Å². The standard InChI is InChI=1S/C17H25N7O2/c1-11(25)20-17(5-3-2-4-6-17)16-19-15(26-22-16)12-7-14(8-12)24-10-13(9-18)21-23-24/h10,12,14H,2-9,18H2,1H3,(H,20,25). The summed E-state index contributed by atoms with van der Waals surface area (Å²) in [5.74, 6) is 1.45. The lowest BCUT2D eigenvalue weighted by Gasteiger charge is -2.35. The van der Waals surface area contributed by atoms with E-state index in [0.717, 1.165) is 44.2 Å². The topological polar surface area (TPSA) is 125 Å². The predicted octanol–water partition coefficient (Wildman–Crippen LogP) is 1.53. The SMILES string of the molecule is CC(=O)NC1(c2noc(C3CC(n4cc(CN)nn4)C3)n2)CCCCC1. The summed E-state index contributed by atoms with van der Waals surface area (Å²) >= 11 is 0. The van der Waals surface area contributed by atoms with Crippen LogP contribution in [0, 0.1) is 0 Å². The molecule has 9 nitrogen and oxygen atoms in total. The number of nitrogens with zero attached hydrogens (tertiary/aromatic N) is 5. The number of nitrogens with one attached hydrogen (secondary N) is 1. The monoisotopic (exact) mass is 359 g/mol. The molecule has 9 heteroatoms. The second-order valence-corrected chi connectivity index (χ2v) is 7.50. The van der Waals surface area contributed by atoms with Gasteiger partial charge in [-0.25, -0.2) is 4.68 Å². The van der Waals surface area contributed by atoms with E-state index < -0.39 is 5.54 Å². The molecule has 4 rings (SSSR count). The van der Waals surface area contributed by atoms with Crippen LogP contribution in [0.25, 0.3) is 0 Å². The lowest BCUT2D eigenvalue weighted by Crippen LogP contribution is -2.47. The molecule has 3 N–H and O–H groups in total. The fourth-order valence-corrected chi connectivity index (χ4v) is 4.08. The number of hydrogen-bond donors (Lipinski definition) is 2. The zero-order valence-electron chi connectivity index (χ0n) is 15.0. The van der Waals surface area contributed by atoms with Gasteiger partial charge >= 0.3 is 0 Å². The average Bonchev–Trinajstić information content (AvgIpc) is 3.24. The van der Waals surface area contributed by atoms with Crippen LogP contribution in [0.2, 0.25) is 0 Å². The number of aromatic nitrogens is 5. The first-order chi connectivity index (χ1) is 12.6. The molecule has 140 valence electrons. The van der Waals surface area contributed by atoms with Crippen molar-refractivity contribution in [2.24, 2.45) is 5.73 Å². The first kappa shape index (κ1) is 17.1. The summed E-state index contributed by atoms with van der Waals surface area (Å²) in [6, 6.07) is 0.294. The fraction of sp³-hybridized carbons (Fsp3) is 0.706. The lowest BCUT2D eigenvalue weighted by atomic mass is 9.79. The maximum Gasteiger partial charge on any atom is 0.230 e. The molecule has 2 fully saturated rings. The quantitative estimate of drug-likeness (QED) is 0.829. The van der Waals surface area contributed by atoms with Gasteiger partial charge in [-0.15, -0.1) is 5.10 Å². The first-order valence-corrected chi connectivity index (χ1v) is 9.33. The van der Waals surface area contributed by atoms with Gasteiger partial charge < -0.3 is 15.6 Å². The van der Waals surface area contributed by atoms with E-state index in [-0.39, 0.29) is 11.8 Å². The maximum absolute atomic E-state index is 11.7. The van der Waals surface area contributed by atoms with Crippen molar-refractivity contribution in [3.05, 3.63) is 23.6 Å². The molecule has 26 heavy (non-hydrogen) atoms. The van der Waals surface area contributed by atoms with Crippen molar-refractivity contribution in [2.75, 3.05) is 0 Å². The highest BCUT2D eigenvalue weighted by atomic mass is 16.5. The Morgan fingerprint density at radius 2 is 2.15 bits per heavy atom. The smallest absolute Gasteiger partial charge is 0.230 e. The molecular weight excluding hydrogens is 334 g/mol. The summed E-state index contributed by atoms with van der Waals surface area (Å²) in [6.07, 6.45) is 8.70. The first-order valence-electron chi connectivity index (χ1n) is 9.33. The third kappa shape index (κ3) is 3.11. The van der Waals surface area contributed by atoms with Crippen molar-refractivity contribution in [3.63, 3.8) is 0 Å². The molecule has 2 aliphatic carbocycles. The van der Waals surface area contributed by atoms with E-state index in [1.54, 1.807) is 6.92 Å². The number of carbonyl (C=O) groups is 1. The lowest BCUT2D eigenvalue weighted by molar-refractivity contribution is -0.121. The Hall–Kier alpha value is -2.29. The summed E-state index contributed by atoms with van der Waals surface area (Å²) in [5, 5.41) is 15.5. The second kappa shape index (κ2) is 6.79. The van der Waals surface area contributed by atoms with Gasteiger partial charge in [-0.1, -0.05) is 29.6 Å². The average molecular weight is 359 g/mol. The van der Waals surface area contributed by atoms with Crippen molar-refractivity contribution in [2.45, 2.75) is 75.9 Å². The van der Waals surface area contributed by atoms with E-state index in [1.165, 1.54) is 6.42 Å². The Balaban J connectivity index is 1.45. The Kier molecular flexibility index (Phi) is 4.47. The van der Waals surface area contributed by atoms with E-state index in [9.17, 15) is 4.79 Å². The minimum Gasteiger partial charge on any atom is -0.343 e. The molecule has 0 unspecified atom stereocenters. The Bertz CT molecular complexity index is 772. The zero-order valence-corrected chi connectivity index (χ0v) is 15.0. The van der Waals surface area contributed by atoms with Crippen molar-refractivity contribution >= 4 is 5.91 Å². The molecule has 0 bridgehead atoms. The molecule has 2 aliphatic rings. The fourth-order valence-electron chi connectivity index (χ4n) is 4.08. The Labute approximate surface area is 151 Å². The van der Waals surface area contributed by atoms with Gasteiger partial charge in [0.1, 0.15) is 5.54 Å². The van der Waals surface area contributed by atoms with Crippen molar-refractivity contribution < 1.29 is 9.32 Å². The van der Waals surface area contributed by atoms with Crippen LogP contribution in [0.5, 0.6) is 0 Å².